The number of carbonyl (C=O) groups is 2. The first-order valence-corrected chi connectivity index (χ1v) is 9.29. The van der Waals surface area contributed by atoms with Crippen LogP contribution < -0.4 is 11.1 Å². The number of halogens is 2. The fourth-order valence-corrected chi connectivity index (χ4v) is 2.97. The molecule has 7 heteroatoms. The maximum atomic E-state index is 14.3. The zero-order chi connectivity index (χ0) is 21.3. The van der Waals surface area contributed by atoms with E-state index in [2.05, 4.69) is 5.32 Å². The Labute approximate surface area is 168 Å². The van der Waals surface area contributed by atoms with E-state index in [4.69, 9.17) is 5.73 Å². The molecule has 0 radical (unpaired) electrons. The first-order valence-electron chi connectivity index (χ1n) is 9.29. The van der Waals surface area contributed by atoms with E-state index in [0.717, 1.165) is 5.56 Å². The van der Waals surface area contributed by atoms with Gasteiger partial charge in [-0.1, -0.05) is 48.5 Å². The number of nitrogens with two attached hydrogens (primary N) is 1. The zero-order valence-corrected chi connectivity index (χ0v) is 15.9. The molecule has 0 saturated heterocycles. The van der Waals surface area contributed by atoms with Gasteiger partial charge in [0.15, 0.2) is 0 Å². The molecule has 1 atom stereocenters. The summed E-state index contributed by atoms with van der Waals surface area (Å²) in [6.45, 7) is 0. The van der Waals surface area contributed by atoms with Crippen molar-refractivity contribution in [3.05, 3.63) is 71.3 Å². The number of primary amides is 1. The van der Waals surface area contributed by atoms with E-state index in [9.17, 15) is 23.6 Å². The summed E-state index contributed by atoms with van der Waals surface area (Å²) in [5, 5.41) is 11.7. The Morgan fingerprint density at radius 2 is 1.76 bits per heavy atom. The highest BCUT2D eigenvalue weighted by atomic mass is 19.3. The van der Waals surface area contributed by atoms with Crippen LogP contribution in [0.15, 0.2) is 54.6 Å². The second kappa shape index (κ2) is 10.3. The molecule has 0 spiro atoms. The molecule has 2 aromatic carbocycles. The van der Waals surface area contributed by atoms with Crippen LogP contribution in [0.3, 0.4) is 0 Å². The van der Waals surface area contributed by atoms with Gasteiger partial charge in [0.2, 0.25) is 11.8 Å². The number of hydrogen-bond acceptors (Lipinski definition) is 3. The first-order chi connectivity index (χ1) is 13.8. The molecule has 0 aliphatic heterocycles. The van der Waals surface area contributed by atoms with Gasteiger partial charge in [-0.15, -0.1) is 0 Å². The molecule has 0 heterocycles. The molecule has 0 saturated carbocycles. The van der Waals surface area contributed by atoms with Crippen LogP contribution in [0.4, 0.5) is 8.78 Å². The van der Waals surface area contributed by atoms with Crippen LogP contribution in [0.2, 0.25) is 0 Å². The number of carbonyl (C=O) groups excluding carboxylic acids is 2. The molecule has 0 bridgehead atoms. The number of nitrogens with one attached hydrogen (secondary N) is 1. The SMILES string of the molecule is N#C[C@H](CCc1ccccc1)NC(=O)CCC(F)(F)Cc1ccccc1C(N)=O. The molecule has 29 heavy (non-hydrogen) atoms. The lowest BCUT2D eigenvalue weighted by atomic mass is 9.98. The summed E-state index contributed by atoms with van der Waals surface area (Å²) in [5.41, 5.74) is 6.43. The fourth-order valence-electron chi connectivity index (χ4n) is 2.97. The van der Waals surface area contributed by atoms with Crippen LogP contribution >= 0.6 is 0 Å². The van der Waals surface area contributed by atoms with E-state index >= 15 is 0 Å². The number of hydrogen-bond donors (Lipinski definition) is 2. The minimum atomic E-state index is -3.19. The lowest BCUT2D eigenvalue weighted by molar-refractivity contribution is -0.123. The number of rotatable bonds is 10. The van der Waals surface area contributed by atoms with Crippen LogP contribution in [0.5, 0.6) is 0 Å². The fraction of sp³-hybridized carbons (Fsp3) is 0.318. The molecule has 2 amide bonds. The predicted octanol–water partition coefficient (Wildman–Crippen LogP) is 3.38. The van der Waals surface area contributed by atoms with Gasteiger partial charge in [-0.2, -0.15) is 5.26 Å². The Hall–Kier alpha value is -3.27. The molecule has 0 fully saturated rings. The molecule has 0 aliphatic rings. The molecule has 0 unspecified atom stereocenters. The van der Waals surface area contributed by atoms with Gasteiger partial charge in [-0.3, -0.25) is 9.59 Å². The quantitative estimate of drug-likeness (QED) is 0.641. The molecule has 0 aliphatic carbocycles. The van der Waals surface area contributed by atoms with Crippen molar-refractivity contribution >= 4 is 11.8 Å². The van der Waals surface area contributed by atoms with Crippen LogP contribution in [0.25, 0.3) is 0 Å². The lowest BCUT2D eigenvalue weighted by Crippen LogP contribution is -2.35. The highest BCUT2D eigenvalue weighted by Crippen LogP contribution is 2.27. The van der Waals surface area contributed by atoms with Gasteiger partial charge in [0.25, 0.3) is 5.92 Å². The molecule has 2 aromatic rings. The van der Waals surface area contributed by atoms with Gasteiger partial charge in [0, 0.05) is 24.8 Å². The Bertz CT molecular complexity index is 879. The van der Waals surface area contributed by atoms with Gasteiger partial charge in [0.05, 0.1) is 6.07 Å². The molecule has 0 aromatic heterocycles. The van der Waals surface area contributed by atoms with Crippen molar-refractivity contribution < 1.29 is 18.4 Å². The van der Waals surface area contributed by atoms with E-state index in [1.165, 1.54) is 12.1 Å². The maximum Gasteiger partial charge on any atom is 0.252 e. The number of nitrogens with zero attached hydrogens (tertiary/aromatic N) is 1. The smallest absolute Gasteiger partial charge is 0.252 e. The van der Waals surface area contributed by atoms with Gasteiger partial charge < -0.3 is 11.1 Å². The summed E-state index contributed by atoms with van der Waals surface area (Å²) in [6, 6.07) is 16.6. The van der Waals surface area contributed by atoms with Crippen LogP contribution in [0, 0.1) is 11.3 Å². The van der Waals surface area contributed by atoms with Crippen LogP contribution in [-0.2, 0) is 17.6 Å². The first kappa shape index (κ1) is 22.0. The minimum Gasteiger partial charge on any atom is -0.366 e. The second-order valence-electron chi connectivity index (χ2n) is 6.83. The summed E-state index contributed by atoms with van der Waals surface area (Å²) < 4.78 is 28.6. The third-order valence-electron chi connectivity index (χ3n) is 4.51. The maximum absolute atomic E-state index is 14.3. The number of benzene rings is 2. The lowest BCUT2D eigenvalue weighted by Gasteiger charge is -2.18. The second-order valence-corrected chi connectivity index (χ2v) is 6.83. The summed E-state index contributed by atoms with van der Waals surface area (Å²) in [6.07, 6.45) is -0.804. The average Bonchev–Trinajstić information content (AvgIpc) is 2.70. The summed E-state index contributed by atoms with van der Waals surface area (Å²) in [4.78, 5) is 23.4. The standard InChI is InChI=1S/C22H23F2N3O2/c23-22(24,14-17-8-4-5-9-19(17)21(26)29)13-12-20(28)27-18(15-25)11-10-16-6-2-1-3-7-16/h1-9,18H,10-14H2,(H2,26,29)(H,27,28)/t18-/m0/s1. The van der Waals surface area contributed by atoms with E-state index in [0.29, 0.717) is 12.8 Å². The molecule has 3 N–H and O–H groups in total. The Morgan fingerprint density at radius 1 is 1.10 bits per heavy atom. The number of amides is 2. The number of nitriles is 1. The van der Waals surface area contributed by atoms with E-state index in [1.54, 1.807) is 12.1 Å². The number of alkyl halides is 2. The van der Waals surface area contributed by atoms with E-state index < -0.39 is 43.0 Å². The normalized spacial score (nSPS) is 12.0. The van der Waals surface area contributed by atoms with Crippen LogP contribution in [0.1, 0.15) is 40.7 Å². The summed E-state index contributed by atoms with van der Waals surface area (Å²) in [7, 11) is 0. The van der Waals surface area contributed by atoms with Crippen molar-refractivity contribution in [2.45, 2.75) is 44.1 Å². The average molecular weight is 399 g/mol. The van der Waals surface area contributed by atoms with E-state index in [-0.39, 0.29) is 11.1 Å². The van der Waals surface area contributed by atoms with Gasteiger partial charge in [-0.25, -0.2) is 8.78 Å². The third kappa shape index (κ3) is 7.34. The number of aryl methyl sites for hydroxylation is 1. The predicted molar refractivity (Wildman–Crippen MR) is 105 cm³/mol. The Balaban J connectivity index is 1.85. The van der Waals surface area contributed by atoms with Crippen molar-refractivity contribution in [3.63, 3.8) is 0 Å². The highest BCUT2D eigenvalue weighted by Gasteiger charge is 2.31. The molecule has 5 nitrogen and oxygen atoms in total. The molecular weight excluding hydrogens is 376 g/mol. The van der Waals surface area contributed by atoms with Crippen molar-refractivity contribution in [3.8, 4) is 6.07 Å². The van der Waals surface area contributed by atoms with Crippen molar-refractivity contribution in [2.24, 2.45) is 5.73 Å². The van der Waals surface area contributed by atoms with Gasteiger partial charge in [0.1, 0.15) is 6.04 Å². The largest absolute Gasteiger partial charge is 0.366 e. The third-order valence-corrected chi connectivity index (χ3v) is 4.51. The van der Waals surface area contributed by atoms with Gasteiger partial charge >= 0.3 is 0 Å². The Kier molecular flexibility index (Phi) is 7.84. The monoisotopic (exact) mass is 399 g/mol. The molecular formula is C22H23F2N3O2. The Morgan fingerprint density at radius 3 is 2.41 bits per heavy atom. The highest BCUT2D eigenvalue weighted by molar-refractivity contribution is 5.94. The van der Waals surface area contributed by atoms with Crippen molar-refractivity contribution in [1.82, 2.24) is 5.32 Å². The summed E-state index contributed by atoms with van der Waals surface area (Å²) >= 11 is 0. The topological polar surface area (TPSA) is 96.0 Å². The van der Waals surface area contributed by atoms with Crippen molar-refractivity contribution in [2.75, 3.05) is 0 Å². The summed E-state index contributed by atoms with van der Waals surface area (Å²) in [5.74, 6) is -4.56. The van der Waals surface area contributed by atoms with Gasteiger partial charge in [-0.05, 0) is 30.0 Å². The van der Waals surface area contributed by atoms with E-state index in [1.807, 2.05) is 36.4 Å². The molecule has 152 valence electrons. The zero-order valence-electron chi connectivity index (χ0n) is 15.9. The minimum absolute atomic E-state index is 0.0436. The van der Waals surface area contributed by atoms with Crippen molar-refractivity contribution in [1.29, 1.82) is 5.26 Å². The van der Waals surface area contributed by atoms with Crippen LogP contribution in [-0.4, -0.2) is 23.8 Å². The molecule has 2 rings (SSSR count).